The summed E-state index contributed by atoms with van der Waals surface area (Å²) >= 11 is 1.16. The average Bonchev–Trinajstić information content (AvgIpc) is 2.77. The van der Waals surface area contributed by atoms with Crippen LogP contribution in [0.5, 0.6) is 5.75 Å². The summed E-state index contributed by atoms with van der Waals surface area (Å²) < 4.78 is 10.3. The third-order valence-electron chi connectivity index (χ3n) is 4.13. The van der Waals surface area contributed by atoms with Crippen LogP contribution < -0.4 is 20.7 Å². The number of urea groups is 1. The van der Waals surface area contributed by atoms with E-state index in [-0.39, 0.29) is 23.3 Å². The second-order valence-corrected chi connectivity index (χ2v) is 8.25. The number of hydrogen-bond acceptors (Lipinski definition) is 7. The third kappa shape index (κ3) is 8.49. The number of ether oxygens (including phenoxy) is 2. The van der Waals surface area contributed by atoms with Gasteiger partial charge in [-0.05, 0) is 45.0 Å². The van der Waals surface area contributed by atoms with Crippen LogP contribution in [0.4, 0.5) is 10.5 Å². The molecular weight excluding hydrogens is 446 g/mol. The quantitative estimate of drug-likeness (QED) is 0.377. The summed E-state index contributed by atoms with van der Waals surface area (Å²) in [6.45, 7) is 4.87. The molecule has 176 valence electrons. The molecule has 0 heterocycles. The summed E-state index contributed by atoms with van der Waals surface area (Å²) in [4.78, 5) is 49.2. The van der Waals surface area contributed by atoms with Gasteiger partial charge in [-0.15, -0.1) is 11.8 Å². The second-order valence-electron chi connectivity index (χ2n) is 7.23. The van der Waals surface area contributed by atoms with Crippen LogP contribution in [-0.4, -0.2) is 48.8 Å². The highest BCUT2D eigenvalue weighted by Crippen LogP contribution is 2.24. The van der Waals surface area contributed by atoms with Gasteiger partial charge in [0.05, 0.1) is 18.4 Å². The molecular formula is C23H27N3O6S. The predicted octanol–water partition coefficient (Wildman–Crippen LogP) is 3.21. The number of hydrogen-bond donors (Lipinski definition) is 3. The number of nitrogens with one attached hydrogen (secondary N) is 3. The zero-order chi connectivity index (χ0) is 24.4. The molecule has 0 bridgehead atoms. The van der Waals surface area contributed by atoms with Crippen LogP contribution in [0.15, 0.2) is 53.4 Å². The van der Waals surface area contributed by atoms with Crippen molar-refractivity contribution in [1.29, 1.82) is 0 Å². The molecule has 2 aromatic carbocycles. The molecule has 0 aliphatic heterocycles. The first-order chi connectivity index (χ1) is 15.7. The molecule has 0 aliphatic rings. The van der Waals surface area contributed by atoms with Gasteiger partial charge in [0.15, 0.2) is 6.10 Å². The number of anilines is 1. The van der Waals surface area contributed by atoms with Crippen molar-refractivity contribution in [3.63, 3.8) is 0 Å². The Morgan fingerprint density at radius 3 is 2.42 bits per heavy atom. The predicted molar refractivity (Wildman–Crippen MR) is 125 cm³/mol. The SMILES string of the molecule is COc1cccc(NC(=O)CSc2ccccc2C(=O)OC(C)C(=O)NC(=O)NC(C)C)c1. The van der Waals surface area contributed by atoms with Gasteiger partial charge in [0.25, 0.3) is 5.91 Å². The molecule has 1 unspecified atom stereocenters. The molecule has 4 amide bonds. The van der Waals surface area contributed by atoms with Crippen molar-refractivity contribution in [2.24, 2.45) is 0 Å². The van der Waals surface area contributed by atoms with E-state index in [0.29, 0.717) is 16.3 Å². The normalized spacial score (nSPS) is 11.3. The standard InChI is InChI=1S/C23H27N3O6S/c1-14(2)24-23(30)26-21(28)15(3)32-22(29)18-10-5-6-11-19(18)33-13-20(27)25-16-8-7-9-17(12-16)31-4/h5-12,14-15H,13H2,1-4H3,(H,25,27)(H2,24,26,28,30). The molecule has 9 nitrogen and oxygen atoms in total. The number of thioether (sulfide) groups is 1. The van der Waals surface area contributed by atoms with Crippen molar-refractivity contribution < 1.29 is 28.7 Å². The maximum atomic E-state index is 12.6. The Morgan fingerprint density at radius 1 is 1.00 bits per heavy atom. The maximum Gasteiger partial charge on any atom is 0.340 e. The number of carbonyl (C=O) groups excluding carboxylic acids is 4. The topological polar surface area (TPSA) is 123 Å². The number of amides is 4. The zero-order valence-corrected chi connectivity index (χ0v) is 19.7. The summed E-state index contributed by atoms with van der Waals surface area (Å²) in [5.41, 5.74) is 0.803. The van der Waals surface area contributed by atoms with Gasteiger partial charge in [-0.25, -0.2) is 9.59 Å². The van der Waals surface area contributed by atoms with Crippen LogP contribution in [0.1, 0.15) is 31.1 Å². The minimum Gasteiger partial charge on any atom is -0.497 e. The molecule has 0 fully saturated rings. The smallest absolute Gasteiger partial charge is 0.340 e. The minimum atomic E-state index is -1.19. The Bertz CT molecular complexity index is 1010. The van der Waals surface area contributed by atoms with Crippen molar-refractivity contribution >= 4 is 41.3 Å². The van der Waals surface area contributed by atoms with Crippen LogP contribution >= 0.6 is 11.8 Å². The highest BCUT2D eigenvalue weighted by Gasteiger charge is 2.22. The van der Waals surface area contributed by atoms with Gasteiger partial charge in [0.1, 0.15) is 5.75 Å². The van der Waals surface area contributed by atoms with Crippen molar-refractivity contribution in [2.75, 3.05) is 18.2 Å². The molecule has 2 rings (SSSR count). The molecule has 2 aromatic rings. The Balaban J connectivity index is 1.95. The lowest BCUT2D eigenvalue weighted by Gasteiger charge is -2.15. The molecule has 0 saturated heterocycles. The fourth-order valence-corrected chi connectivity index (χ4v) is 3.43. The first-order valence-electron chi connectivity index (χ1n) is 10.2. The Hall–Kier alpha value is -3.53. The van der Waals surface area contributed by atoms with Gasteiger partial charge in [-0.2, -0.15) is 0 Å². The van der Waals surface area contributed by atoms with Crippen LogP contribution in [-0.2, 0) is 14.3 Å². The zero-order valence-electron chi connectivity index (χ0n) is 18.8. The average molecular weight is 474 g/mol. The van der Waals surface area contributed by atoms with Crippen LogP contribution in [0.3, 0.4) is 0 Å². The van der Waals surface area contributed by atoms with E-state index in [2.05, 4.69) is 16.0 Å². The summed E-state index contributed by atoms with van der Waals surface area (Å²) in [6, 6.07) is 12.7. The molecule has 0 aromatic heterocycles. The third-order valence-corrected chi connectivity index (χ3v) is 5.20. The van der Waals surface area contributed by atoms with E-state index in [1.54, 1.807) is 62.4 Å². The van der Waals surface area contributed by atoms with Crippen LogP contribution in [0, 0.1) is 0 Å². The highest BCUT2D eigenvalue weighted by atomic mass is 32.2. The largest absolute Gasteiger partial charge is 0.497 e. The Kier molecular flexibility index (Phi) is 9.74. The first kappa shape index (κ1) is 25.7. The molecule has 3 N–H and O–H groups in total. The van der Waals surface area contributed by atoms with Gasteiger partial charge >= 0.3 is 12.0 Å². The van der Waals surface area contributed by atoms with E-state index >= 15 is 0 Å². The van der Waals surface area contributed by atoms with Gasteiger partial charge in [0, 0.05) is 22.7 Å². The number of methoxy groups -OCH3 is 1. The fourth-order valence-electron chi connectivity index (χ4n) is 2.59. The van der Waals surface area contributed by atoms with Gasteiger partial charge in [-0.1, -0.05) is 18.2 Å². The van der Waals surface area contributed by atoms with Crippen LogP contribution in [0.25, 0.3) is 0 Å². The number of benzene rings is 2. The lowest BCUT2D eigenvalue weighted by atomic mass is 10.2. The maximum absolute atomic E-state index is 12.6. The van der Waals surface area contributed by atoms with Crippen molar-refractivity contribution in [1.82, 2.24) is 10.6 Å². The molecule has 0 spiro atoms. The summed E-state index contributed by atoms with van der Waals surface area (Å²) in [5.74, 6) is -1.08. The van der Waals surface area contributed by atoms with Gasteiger partial charge in [0.2, 0.25) is 5.91 Å². The van der Waals surface area contributed by atoms with E-state index < -0.39 is 24.0 Å². The molecule has 33 heavy (non-hydrogen) atoms. The number of carbonyl (C=O) groups is 4. The highest BCUT2D eigenvalue weighted by molar-refractivity contribution is 8.00. The van der Waals surface area contributed by atoms with Gasteiger partial charge < -0.3 is 20.1 Å². The van der Waals surface area contributed by atoms with E-state index in [1.807, 2.05) is 0 Å². The summed E-state index contributed by atoms with van der Waals surface area (Å²) in [6.07, 6.45) is -1.19. The lowest BCUT2D eigenvalue weighted by molar-refractivity contribution is -0.128. The van der Waals surface area contributed by atoms with E-state index in [1.165, 1.54) is 14.0 Å². The van der Waals surface area contributed by atoms with E-state index in [0.717, 1.165) is 11.8 Å². The summed E-state index contributed by atoms with van der Waals surface area (Å²) in [7, 11) is 1.54. The van der Waals surface area contributed by atoms with Crippen molar-refractivity contribution in [3.8, 4) is 5.75 Å². The number of rotatable bonds is 9. The van der Waals surface area contributed by atoms with Crippen LogP contribution in [0.2, 0.25) is 0 Å². The minimum absolute atomic E-state index is 0.0485. The van der Waals surface area contributed by atoms with Gasteiger partial charge in [-0.3, -0.25) is 14.9 Å². The monoisotopic (exact) mass is 473 g/mol. The van der Waals surface area contributed by atoms with E-state index in [4.69, 9.17) is 9.47 Å². The van der Waals surface area contributed by atoms with Crippen molar-refractivity contribution in [2.45, 2.75) is 37.8 Å². The molecule has 1 atom stereocenters. The molecule has 0 radical (unpaired) electrons. The Morgan fingerprint density at radius 2 is 1.73 bits per heavy atom. The molecule has 10 heteroatoms. The summed E-state index contributed by atoms with van der Waals surface area (Å²) in [5, 5.41) is 7.40. The number of esters is 1. The number of imide groups is 1. The molecule has 0 saturated carbocycles. The van der Waals surface area contributed by atoms with E-state index in [9.17, 15) is 19.2 Å². The lowest BCUT2D eigenvalue weighted by Crippen LogP contribution is -2.46. The fraction of sp³-hybridized carbons (Fsp3) is 0.304. The van der Waals surface area contributed by atoms with Crippen molar-refractivity contribution in [3.05, 3.63) is 54.1 Å². The second kappa shape index (κ2) is 12.5. The molecule has 0 aliphatic carbocycles. The first-order valence-corrected chi connectivity index (χ1v) is 11.2. The Labute approximate surface area is 196 Å².